The van der Waals surface area contributed by atoms with Crippen molar-refractivity contribution < 1.29 is 9.47 Å². The first-order valence-electron chi connectivity index (χ1n) is 5.72. The maximum absolute atomic E-state index is 8.97. The molecule has 4 nitrogen and oxygen atoms in total. The first kappa shape index (κ1) is 11.7. The highest BCUT2D eigenvalue weighted by Gasteiger charge is 2.15. The molecular formula is C13H16N2O2. The first-order valence-corrected chi connectivity index (χ1v) is 5.72. The molecule has 1 atom stereocenters. The van der Waals surface area contributed by atoms with E-state index in [1.807, 2.05) is 32.0 Å². The Morgan fingerprint density at radius 1 is 1.35 bits per heavy atom. The van der Waals surface area contributed by atoms with Crippen molar-refractivity contribution in [3.8, 4) is 17.6 Å². The number of hydrogen-bond donors (Lipinski definition) is 1. The molecule has 2 rings (SSSR count). The number of ether oxygens (including phenoxy) is 2. The number of nitrogens with one attached hydrogen (secondary N) is 1. The van der Waals surface area contributed by atoms with Crippen LogP contribution in [0.5, 0.6) is 11.5 Å². The van der Waals surface area contributed by atoms with Crippen LogP contribution >= 0.6 is 0 Å². The van der Waals surface area contributed by atoms with Gasteiger partial charge in [0, 0.05) is 6.54 Å². The second-order valence-electron chi connectivity index (χ2n) is 4.42. The van der Waals surface area contributed by atoms with Gasteiger partial charge >= 0.3 is 0 Å². The van der Waals surface area contributed by atoms with Gasteiger partial charge in [0.15, 0.2) is 11.5 Å². The Bertz CT molecular complexity index is 438. The molecule has 0 saturated heterocycles. The fourth-order valence-electron chi connectivity index (χ4n) is 1.71. The molecule has 0 bridgehead atoms. The van der Waals surface area contributed by atoms with Crippen molar-refractivity contribution in [2.24, 2.45) is 5.92 Å². The Labute approximate surface area is 101 Å². The van der Waals surface area contributed by atoms with Crippen LogP contribution in [0, 0.1) is 17.2 Å². The Morgan fingerprint density at radius 2 is 2.12 bits per heavy atom. The van der Waals surface area contributed by atoms with Crippen LogP contribution in [0.4, 0.5) is 0 Å². The monoisotopic (exact) mass is 232 g/mol. The predicted octanol–water partition coefficient (Wildman–Crippen LogP) is 2.05. The second kappa shape index (κ2) is 5.07. The largest absolute Gasteiger partial charge is 0.454 e. The molecule has 1 aliphatic heterocycles. The summed E-state index contributed by atoms with van der Waals surface area (Å²) in [5.74, 6) is 1.87. The minimum atomic E-state index is -0.125. The molecule has 4 heteroatoms. The molecule has 90 valence electrons. The number of rotatable bonds is 4. The third kappa shape index (κ3) is 2.69. The molecule has 0 fully saturated rings. The molecule has 1 N–H and O–H groups in total. The summed E-state index contributed by atoms with van der Waals surface area (Å²) in [4.78, 5) is 0. The van der Waals surface area contributed by atoms with Gasteiger partial charge in [-0.05, 0) is 23.6 Å². The summed E-state index contributed by atoms with van der Waals surface area (Å²) in [6, 6.07) is 7.96. The number of fused-ring (bicyclic) bond motifs is 1. The van der Waals surface area contributed by atoms with E-state index in [1.165, 1.54) is 0 Å². The zero-order valence-corrected chi connectivity index (χ0v) is 10.1. The number of benzene rings is 1. The molecule has 0 radical (unpaired) electrons. The van der Waals surface area contributed by atoms with Gasteiger partial charge in [0.05, 0.1) is 12.1 Å². The lowest BCUT2D eigenvalue weighted by Gasteiger charge is -2.14. The Hall–Kier alpha value is -1.73. The normalized spacial score (nSPS) is 14.7. The van der Waals surface area contributed by atoms with E-state index in [9.17, 15) is 0 Å². The van der Waals surface area contributed by atoms with Crippen LogP contribution in [0.3, 0.4) is 0 Å². The molecule has 0 aromatic heterocycles. The van der Waals surface area contributed by atoms with Gasteiger partial charge in [-0.2, -0.15) is 5.26 Å². The van der Waals surface area contributed by atoms with Crippen LogP contribution in [-0.2, 0) is 6.54 Å². The van der Waals surface area contributed by atoms with Gasteiger partial charge in [0.1, 0.15) is 0 Å². The maximum Gasteiger partial charge on any atom is 0.231 e. The molecule has 0 amide bonds. The number of nitriles is 1. The number of nitrogens with zero attached hydrogens (tertiary/aromatic N) is 1. The highest BCUT2D eigenvalue weighted by Crippen LogP contribution is 2.32. The smallest absolute Gasteiger partial charge is 0.231 e. The topological polar surface area (TPSA) is 54.3 Å². The summed E-state index contributed by atoms with van der Waals surface area (Å²) in [5.41, 5.74) is 1.09. The van der Waals surface area contributed by atoms with E-state index in [2.05, 4.69) is 11.4 Å². The van der Waals surface area contributed by atoms with Crippen molar-refractivity contribution in [1.82, 2.24) is 5.32 Å². The fraction of sp³-hybridized carbons (Fsp3) is 0.462. The fourth-order valence-corrected chi connectivity index (χ4v) is 1.71. The minimum Gasteiger partial charge on any atom is -0.454 e. The maximum atomic E-state index is 8.97. The van der Waals surface area contributed by atoms with Gasteiger partial charge in [-0.25, -0.2) is 0 Å². The van der Waals surface area contributed by atoms with Crippen molar-refractivity contribution in [3.05, 3.63) is 23.8 Å². The minimum absolute atomic E-state index is 0.125. The summed E-state index contributed by atoms with van der Waals surface area (Å²) >= 11 is 0. The van der Waals surface area contributed by atoms with Gasteiger partial charge in [-0.1, -0.05) is 19.9 Å². The second-order valence-corrected chi connectivity index (χ2v) is 4.42. The summed E-state index contributed by atoms with van der Waals surface area (Å²) < 4.78 is 10.5. The SMILES string of the molecule is CC(C)C(C#N)NCc1ccc2c(c1)OCO2. The molecule has 0 aliphatic carbocycles. The summed E-state index contributed by atoms with van der Waals surface area (Å²) in [6.07, 6.45) is 0. The highest BCUT2D eigenvalue weighted by atomic mass is 16.7. The first-order chi connectivity index (χ1) is 8.20. The molecule has 1 aliphatic rings. The van der Waals surface area contributed by atoms with Crippen molar-refractivity contribution in [2.75, 3.05) is 6.79 Å². The van der Waals surface area contributed by atoms with E-state index >= 15 is 0 Å². The molecule has 17 heavy (non-hydrogen) atoms. The Balaban J connectivity index is 1.98. The lowest BCUT2D eigenvalue weighted by molar-refractivity contribution is 0.174. The van der Waals surface area contributed by atoms with E-state index in [4.69, 9.17) is 14.7 Å². The van der Waals surface area contributed by atoms with Crippen molar-refractivity contribution >= 4 is 0 Å². The van der Waals surface area contributed by atoms with Crippen molar-refractivity contribution in [3.63, 3.8) is 0 Å². The Kier molecular flexibility index (Phi) is 3.50. The highest BCUT2D eigenvalue weighted by molar-refractivity contribution is 5.44. The van der Waals surface area contributed by atoms with Crippen LogP contribution in [0.1, 0.15) is 19.4 Å². The van der Waals surface area contributed by atoms with E-state index in [0.29, 0.717) is 19.3 Å². The summed E-state index contributed by atoms with van der Waals surface area (Å²) in [7, 11) is 0. The summed E-state index contributed by atoms with van der Waals surface area (Å²) in [6.45, 7) is 5.01. The Morgan fingerprint density at radius 3 is 2.82 bits per heavy atom. The number of hydrogen-bond acceptors (Lipinski definition) is 4. The molecule has 0 spiro atoms. The lowest BCUT2D eigenvalue weighted by atomic mass is 10.1. The zero-order valence-electron chi connectivity index (χ0n) is 10.1. The van der Waals surface area contributed by atoms with Crippen molar-refractivity contribution in [2.45, 2.75) is 26.4 Å². The zero-order chi connectivity index (χ0) is 12.3. The molecule has 0 saturated carbocycles. The molecule has 1 unspecified atom stereocenters. The van der Waals surface area contributed by atoms with Crippen LogP contribution in [0.2, 0.25) is 0 Å². The molecular weight excluding hydrogens is 216 g/mol. The quantitative estimate of drug-likeness (QED) is 0.863. The van der Waals surface area contributed by atoms with Crippen LogP contribution in [0.25, 0.3) is 0 Å². The van der Waals surface area contributed by atoms with Gasteiger partial charge in [0.2, 0.25) is 6.79 Å². The van der Waals surface area contributed by atoms with Gasteiger partial charge in [-0.3, -0.25) is 5.32 Å². The molecule has 1 aromatic carbocycles. The average Bonchev–Trinajstić information content (AvgIpc) is 2.76. The summed E-state index contributed by atoms with van der Waals surface area (Å²) in [5, 5.41) is 12.2. The predicted molar refractivity (Wildman–Crippen MR) is 63.6 cm³/mol. The van der Waals surface area contributed by atoms with E-state index in [-0.39, 0.29) is 6.04 Å². The van der Waals surface area contributed by atoms with Gasteiger partial charge in [-0.15, -0.1) is 0 Å². The van der Waals surface area contributed by atoms with Crippen molar-refractivity contribution in [1.29, 1.82) is 5.26 Å². The van der Waals surface area contributed by atoms with Gasteiger partial charge in [0.25, 0.3) is 0 Å². The van der Waals surface area contributed by atoms with Crippen LogP contribution in [0.15, 0.2) is 18.2 Å². The standard InChI is InChI=1S/C13H16N2O2/c1-9(2)11(6-14)15-7-10-3-4-12-13(5-10)17-8-16-12/h3-5,9,11,15H,7-8H2,1-2H3. The van der Waals surface area contributed by atoms with E-state index in [0.717, 1.165) is 17.1 Å². The molecule has 1 aromatic rings. The molecule has 1 heterocycles. The van der Waals surface area contributed by atoms with Crippen LogP contribution in [-0.4, -0.2) is 12.8 Å². The van der Waals surface area contributed by atoms with Crippen LogP contribution < -0.4 is 14.8 Å². The lowest BCUT2D eigenvalue weighted by Crippen LogP contribution is -2.31. The average molecular weight is 232 g/mol. The van der Waals surface area contributed by atoms with E-state index in [1.54, 1.807) is 0 Å². The van der Waals surface area contributed by atoms with E-state index < -0.39 is 0 Å². The third-order valence-corrected chi connectivity index (χ3v) is 2.77. The third-order valence-electron chi connectivity index (χ3n) is 2.77. The van der Waals surface area contributed by atoms with Gasteiger partial charge < -0.3 is 9.47 Å².